The van der Waals surface area contributed by atoms with Crippen molar-refractivity contribution in [3.05, 3.63) is 11.6 Å². The molecule has 254 valence electrons. The lowest BCUT2D eigenvalue weighted by atomic mass is 9.35. The van der Waals surface area contributed by atoms with E-state index in [4.69, 9.17) is 9.47 Å². The minimum Gasteiger partial charge on any atom is -0.394 e. The molecule has 0 amide bonds. The summed E-state index contributed by atoms with van der Waals surface area (Å²) in [7, 11) is 0. The number of rotatable bonds is 7. The third-order valence-electron chi connectivity index (χ3n) is 14.4. The van der Waals surface area contributed by atoms with Crippen LogP contribution in [0.4, 0.5) is 0 Å². The summed E-state index contributed by atoms with van der Waals surface area (Å²) in [6.45, 7) is 17.4. The monoisotopic (exact) mass is 622 g/mol. The van der Waals surface area contributed by atoms with Gasteiger partial charge in [-0.25, -0.2) is 0 Å². The van der Waals surface area contributed by atoms with Crippen LogP contribution in [0.3, 0.4) is 0 Å². The molecule has 0 spiro atoms. The first-order valence-corrected chi connectivity index (χ1v) is 17.3. The Morgan fingerprint density at radius 2 is 1.59 bits per heavy atom. The van der Waals surface area contributed by atoms with E-state index in [-0.39, 0.29) is 51.4 Å². The quantitative estimate of drug-likeness (QED) is 0.231. The summed E-state index contributed by atoms with van der Waals surface area (Å²) >= 11 is 0. The van der Waals surface area contributed by atoms with Gasteiger partial charge in [-0.2, -0.15) is 0 Å². The van der Waals surface area contributed by atoms with Crippen LogP contribution in [0.15, 0.2) is 11.6 Å². The summed E-state index contributed by atoms with van der Waals surface area (Å²) in [5, 5.41) is 65.4. The summed E-state index contributed by atoms with van der Waals surface area (Å²) < 4.78 is 11.8. The zero-order chi connectivity index (χ0) is 32.6. The number of hydrogen-bond donors (Lipinski definition) is 6. The predicted molar refractivity (Wildman–Crippen MR) is 168 cm³/mol. The van der Waals surface area contributed by atoms with Crippen LogP contribution in [0.2, 0.25) is 0 Å². The number of aliphatic hydroxyl groups is 6. The van der Waals surface area contributed by atoms with E-state index < -0.39 is 49.0 Å². The second kappa shape index (κ2) is 11.8. The smallest absolute Gasteiger partial charge is 0.184 e. The number of allylic oxidation sites excluding steroid dienone is 2. The molecule has 5 rings (SSSR count). The molecule has 0 radical (unpaired) electrons. The number of aliphatic hydroxyl groups excluding tert-OH is 5. The van der Waals surface area contributed by atoms with E-state index in [1.807, 2.05) is 6.92 Å². The zero-order valence-corrected chi connectivity index (χ0v) is 28.5. The van der Waals surface area contributed by atoms with E-state index in [1.165, 1.54) is 5.57 Å². The molecule has 1 saturated heterocycles. The fraction of sp³-hybridized carbons (Fsp3) is 0.944. The summed E-state index contributed by atoms with van der Waals surface area (Å²) in [5.41, 5.74) is 0.0223. The molecule has 4 saturated carbocycles. The largest absolute Gasteiger partial charge is 0.394 e. The molecule has 1 aliphatic heterocycles. The maximum absolute atomic E-state index is 12.2. The van der Waals surface area contributed by atoms with Crippen LogP contribution in [0.5, 0.6) is 0 Å². The molecule has 15 atom stereocenters. The van der Waals surface area contributed by atoms with Gasteiger partial charge in [0.1, 0.15) is 24.4 Å². The molecule has 5 aliphatic rings. The maximum atomic E-state index is 12.2. The van der Waals surface area contributed by atoms with Crippen molar-refractivity contribution < 1.29 is 40.1 Å². The van der Waals surface area contributed by atoms with Gasteiger partial charge in [0.2, 0.25) is 0 Å². The fourth-order valence-electron chi connectivity index (χ4n) is 12.0. The first-order valence-electron chi connectivity index (χ1n) is 17.3. The molecule has 5 fully saturated rings. The van der Waals surface area contributed by atoms with Gasteiger partial charge in [-0.15, -0.1) is 0 Å². The van der Waals surface area contributed by atoms with E-state index in [1.54, 1.807) is 0 Å². The summed E-state index contributed by atoms with van der Waals surface area (Å²) in [6.07, 6.45) is 3.11. The molecule has 0 unspecified atom stereocenters. The van der Waals surface area contributed by atoms with Crippen molar-refractivity contribution in [3.8, 4) is 0 Å². The molecule has 0 aromatic rings. The Kier molecular flexibility index (Phi) is 9.35. The average molecular weight is 623 g/mol. The van der Waals surface area contributed by atoms with Gasteiger partial charge in [0.15, 0.2) is 6.29 Å². The van der Waals surface area contributed by atoms with Crippen molar-refractivity contribution in [2.75, 3.05) is 6.61 Å². The van der Waals surface area contributed by atoms with Crippen LogP contribution in [0.1, 0.15) is 113 Å². The van der Waals surface area contributed by atoms with Gasteiger partial charge < -0.3 is 40.1 Å². The molecule has 8 nitrogen and oxygen atoms in total. The first-order chi connectivity index (χ1) is 20.3. The van der Waals surface area contributed by atoms with E-state index in [2.05, 4.69) is 54.5 Å². The topological polar surface area (TPSA) is 140 Å². The highest BCUT2D eigenvalue weighted by Crippen LogP contribution is 2.76. The van der Waals surface area contributed by atoms with Gasteiger partial charge in [0.25, 0.3) is 0 Å². The summed E-state index contributed by atoms with van der Waals surface area (Å²) in [6, 6.07) is 0. The predicted octanol–water partition coefficient (Wildman–Crippen LogP) is 4.32. The molecular weight excluding hydrogens is 560 g/mol. The highest BCUT2D eigenvalue weighted by atomic mass is 16.7. The van der Waals surface area contributed by atoms with Crippen LogP contribution >= 0.6 is 0 Å². The molecule has 0 bridgehead atoms. The molecular formula is C36H62O8. The van der Waals surface area contributed by atoms with E-state index in [9.17, 15) is 30.6 Å². The molecule has 0 aromatic carbocycles. The van der Waals surface area contributed by atoms with Crippen molar-refractivity contribution in [1.82, 2.24) is 0 Å². The molecule has 4 aliphatic carbocycles. The summed E-state index contributed by atoms with van der Waals surface area (Å²) in [4.78, 5) is 0. The Labute approximate surface area is 265 Å². The Morgan fingerprint density at radius 1 is 0.932 bits per heavy atom. The van der Waals surface area contributed by atoms with Crippen molar-refractivity contribution in [2.24, 2.45) is 45.3 Å². The first kappa shape index (κ1) is 34.7. The van der Waals surface area contributed by atoms with Crippen LogP contribution in [0.25, 0.3) is 0 Å². The van der Waals surface area contributed by atoms with Crippen molar-refractivity contribution in [1.29, 1.82) is 0 Å². The minimum absolute atomic E-state index is 0.0284. The van der Waals surface area contributed by atoms with Gasteiger partial charge in [-0.3, -0.25) is 0 Å². The van der Waals surface area contributed by atoms with Gasteiger partial charge >= 0.3 is 0 Å². The highest BCUT2D eigenvalue weighted by molar-refractivity contribution is 5.20. The Bertz CT molecular complexity index is 1070. The van der Waals surface area contributed by atoms with Crippen LogP contribution in [0, 0.1) is 45.3 Å². The lowest BCUT2D eigenvalue weighted by Crippen LogP contribution is -2.68. The third-order valence-corrected chi connectivity index (χ3v) is 14.4. The van der Waals surface area contributed by atoms with Crippen molar-refractivity contribution >= 4 is 0 Å². The van der Waals surface area contributed by atoms with Gasteiger partial charge in [-0.1, -0.05) is 46.3 Å². The van der Waals surface area contributed by atoms with Gasteiger partial charge in [0.05, 0.1) is 24.4 Å². The summed E-state index contributed by atoms with van der Waals surface area (Å²) in [5.74, 6) is 0.815. The Hall–Kier alpha value is -0.580. The normalized spacial score (nSPS) is 51.5. The Balaban J connectivity index is 1.38. The number of fused-ring (bicyclic) bond motifs is 5. The molecule has 8 heteroatoms. The lowest BCUT2D eigenvalue weighted by Gasteiger charge is -2.71. The minimum atomic E-state index is -1.45. The van der Waals surface area contributed by atoms with Crippen molar-refractivity contribution in [3.63, 3.8) is 0 Å². The van der Waals surface area contributed by atoms with Gasteiger partial charge in [-0.05, 0) is 124 Å². The highest BCUT2D eigenvalue weighted by Gasteiger charge is 2.71. The third kappa shape index (κ3) is 5.26. The molecule has 44 heavy (non-hydrogen) atoms. The van der Waals surface area contributed by atoms with E-state index in [0.717, 1.165) is 51.4 Å². The molecule has 1 heterocycles. The van der Waals surface area contributed by atoms with E-state index >= 15 is 0 Å². The standard InChI is InChI=1S/C36H62O8/c1-20(2)10-9-14-36(8,42)21-11-16-34(6)22(21)18-23(38)30-33(5)15-13-26(32(3,4)25(33)12-17-35(30,34)7)44-29-28(40)27(39)24(19-37)43-31(29)41/h10,21-31,37-42H,9,11-19H2,1-8H3/t21-,22+,23+,24+,25-,26-,27+,28-,29+,30+,31+,33-,34+,35+,36-/m0/s1. The van der Waals surface area contributed by atoms with Crippen LogP contribution < -0.4 is 0 Å². The SMILES string of the molecule is CC(C)=CCC[C@](C)(O)[C@H]1CC[C@]2(C)[C@@H]1C[C@@H](O)[C@@H]1[C@@]3(C)CC[C@H](O[C@@H]4[C@@H](O)[C@H](O)[C@@H](CO)O[C@H]4O)C(C)(C)[C@@H]3CC[C@]12C. The fourth-order valence-corrected chi connectivity index (χ4v) is 12.0. The second-order valence-corrected chi connectivity index (χ2v) is 17.3. The lowest BCUT2D eigenvalue weighted by molar-refractivity contribution is -0.321. The maximum Gasteiger partial charge on any atom is 0.184 e. The van der Waals surface area contributed by atoms with Gasteiger partial charge in [0, 0.05) is 0 Å². The zero-order valence-electron chi connectivity index (χ0n) is 28.5. The second-order valence-electron chi connectivity index (χ2n) is 17.3. The van der Waals surface area contributed by atoms with Crippen LogP contribution in [-0.2, 0) is 9.47 Å². The molecule has 0 aromatic heterocycles. The number of hydrogen-bond acceptors (Lipinski definition) is 8. The van der Waals surface area contributed by atoms with E-state index in [0.29, 0.717) is 6.42 Å². The average Bonchev–Trinajstić information content (AvgIpc) is 3.27. The number of ether oxygens (including phenoxy) is 2. The van der Waals surface area contributed by atoms with Crippen LogP contribution in [-0.4, -0.2) is 85.8 Å². The Morgan fingerprint density at radius 3 is 2.23 bits per heavy atom. The van der Waals surface area contributed by atoms with Crippen molar-refractivity contribution in [2.45, 2.75) is 162 Å². The molecule has 6 N–H and O–H groups in total.